The van der Waals surface area contributed by atoms with Crippen LogP contribution in [0.5, 0.6) is 11.5 Å². The molecule has 0 aliphatic rings. The van der Waals surface area contributed by atoms with Gasteiger partial charge in [0.15, 0.2) is 17.3 Å². The van der Waals surface area contributed by atoms with Crippen molar-refractivity contribution in [1.82, 2.24) is 25.5 Å². The van der Waals surface area contributed by atoms with Gasteiger partial charge in [-0.05, 0) is 52.7 Å². The topological polar surface area (TPSA) is 149 Å². The number of phenolic OH excluding ortho intramolecular Hbond substituents is 1. The van der Waals surface area contributed by atoms with E-state index < -0.39 is 24.0 Å². The molecule has 1 heterocycles. The summed E-state index contributed by atoms with van der Waals surface area (Å²) in [7, 11) is 1.41. The maximum Gasteiger partial charge on any atom is 0.327 e. The van der Waals surface area contributed by atoms with Crippen LogP contribution in [-0.2, 0) is 20.9 Å². The fourth-order valence-corrected chi connectivity index (χ4v) is 3.75. The van der Waals surface area contributed by atoms with Crippen LogP contribution in [0.1, 0.15) is 42.4 Å². The number of carbonyl (C=O) groups excluding carboxylic acids is 1. The highest BCUT2D eigenvalue weighted by atomic mass is 35.5. The fraction of sp³-hybridized carbons (Fsp3) is 0.318. The normalized spacial score (nSPS) is 12.7. The van der Waals surface area contributed by atoms with Gasteiger partial charge in [0.05, 0.1) is 36.2 Å². The minimum absolute atomic E-state index is 0.148. The number of nitrogens with one attached hydrogen (secondary N) is 1. The Kier molecular flexibility index (Phi) is 8.85. The van der Waals surface area contributed by atoms with Crippen molar-refractivity contribution in [2.24, 2.45) is 0 Å². The standard InChI is InChI=1S/C22H23Cl2N5O6/c1-3-35-20(33)11-29-22(26-27-28-29)21(13-5-7-18(34-2)17(30)9-13)25-16(10-19(31)32)12-4-6-14(23)15(24)8-12/h4-9,16,21,25,30H,3,10-11H2,1-2H3,(H,31,32). The number of hydrogen-bond acceptors (Lipinski definition) is 9. The Bertz CT molecular complexity index is 1200. The first-order chi connectivity index (χ1) is 16.7. The molecule has 1 aromatic heterocycles. The number of phenols is 1. The van der Waals surface area contributed by atoms with Crippen LogP contribution in [0.15, 0.2) is 36.4 Å². The number of aromatic nitrogens is 4. The Morgan fingerprint density at radius 1 is 1.14 bits per heavy atom. The van der Waals surface area contributed by atoms with Crippen LogP contribution in [0, 0.1) is 0 Å². The second-order valence-corrected chi connectivity index (χ2v) is 8.17. The lowest BCUT2D eigenvalue weighted by Gasteiger charge is -2.25. The highest BCUT2D eigenvalue weighted by Gasteiger charge is 2.28. The number of esters is 1. The first-order valence-corrected chi connectivity index (χ1v) is 11.2. The number of ether oxygens (including phenoxy) is 2. The van der Waals surface area contributed by atoms with Gasteiger partial charge in [-0.3, -0.25) is 14.9 Å². The average Bonchev–Trinajstić information content (AvgIpc) is 3.25. The predicted octanol–water partition coefficient (Wildman–Crippen LogP) is 3.15. The second kappa shape index (κ2) is 11.8. The van der Waals surface area contributed by atoms with E-state index in [4.69, 9.17) is 32.7 Å². The number of tetrazole rings is 1. The molecule has 0 spiro atoms. The Hall–Kier alpha value is -3.41. The quantitative estimate of drug-likeness (QED) is 0.320. The summed E-state index contributed by atoms with van der Waals surface area (Å²) in [5.41, 5.74) is 1.03. The maximum atomic E-state index is 12.1. The number of aliphatic carboxylic acids is 1. The van der Waals surface area contributed by atoms with E-state index in [9.17, 15) is 19.8 Å². The molecule has 13 heteroatoms. The summed E-state index contributed by atoms with van der Waals surface area (Å²) in [6.07, 6.45) is -0.323. The first-order valence-electron chi connectivity index (χ1n) is 10.4. The molecular formula is C22H23Cl2N5O6. The van der Waals surface area contributed by atoms with Crippen molar-refractivity contribution in [3.8, 4) is 11.5 Å². The number of rotatable bonds is 11. The van der Waals surface area contributed by atoms with Crippen LogP contribution in [0.2, 0.25) is 10.0 Å². The Morgan fingerprint density at radius 2 is 1.89 bits per heavy atom. The number of methoxy groups -OCH3 is 1. The van der Waals surface area contributed by atoms with E-state index in [1.807, 2.05) is 0 Å². The van der Waals surface area contributed by atoms with E-state index in [-0.39, 0.29) is 41.9 Å². The van der Waals surface area contributed by atoms with Crippen molar-refractivity contribution in [3.63, 3.8) is 0 Å². The zero-order chi connectivity index (χ0) is 25.5. The van der Waals surface area contributed by atoms with Crippen molar-refractivity contribution < 1.29 is 29.3 Å². The molecule has 35 heavy (non-hydrogen) atoms. The van der Waals surface area contributed by atoms with Crippen LogP contribution < -0.4 is 10.1 Å². The van der Waals surface area contributed by atoms with E-state index in [2.05, 4.69) is 20.8 Å². The largest absolute Gasteiger partial charge is 0.504 e. The van der Waals surface area contributed by atoms with Crippen LogP contribution >= 0.6 is 23.2 Å². The molecule has 0 aliphatic carbocycles. The molecule has 0 aliphatic heterocycles. The molecule has 3 N–H and O–H groups in total. The summed E-state index contributed by atoms with van der Waals surface area (Å²) in [6, 6.07) is 7.80. The van der Waals surface area contributed by atoms with Crippen molar-refractivity contribution in [2.45, 2.75) is 32.0 Å². The number of carboxylic acids is 1. The summed E-state index contributed by atoms with van der Waals surface area (Å²) < 4.78 is 11.4. The molecule has 0 radical (unpaired) electrons. The van der Waals surface area contributed by atoms with Crippen LogP contribution in [0.4, 0.5) is 0 Å². The summed E-state index contributed by atoms with van der Waals surface area (Å²) in [5, 5.41) is 35.4. The molecular weight excluding hydrogens is 501 g/mol. The van der Waals surface area contributed by atoms with Crippen molar-refractivity contribution >= 4 is 35.1 Å². The summed E-state index contributed by atoms with van der Waals surface area (Å²) in [5.74, 6) is -1.34. The average molecular weight is 524 g/mol. The lowest BCUT2D eigenvalue weighted by molar-refractivity contribution is -0.144. The van der Waals surface area contributed by atoms with E-state index in [1.165, 1.54) is 17.9 Å². The number of halogens is 2. The number of carboxylic acid groups (broad SMARTS) is 1. The third-order valence-electron chi connectivity index (χ3n) is 5.03. The van der Waals surface area contributed by atoms with Gasteiger partial charge in [-0.25, -0.2) is 4.68 Å². The van der Waals surface area contributed by atoms with Crippen molar-refractivity contribution in [3.05, 3.63) is 63.4 Å². The molecule has 3 rings (SSSR count). The molecule has 2 unspecified atom stereocenters. The number of nitrogens with zero attached hydrogens (tertiary/aromatic N) is 4. The predicted molar refractivity (Wildman–Crippen MR) is 126 cm³/mol. The number of benzene rings is 2. The van der Waals surface area contributed by atoms with Gasteiger partial charge in [-0.2, -0.15) is 0 Å². The van der Waals surface area contributed by atoms with E-state index in [0.29, 0.717) is 16.1 Å². The third kappa shape index (κ3) is 6.59. The van der Waals surface area contributed by atoms with Gasteiger partial charge in [0.2, 0.25) is 0 Å². The second-order valence-electron chi connectivity index (χ2n) is 7.35. The first kappa shape index (κ1) is 26.2. The Morgan fingerprint density at radius 3 is 2.51 bits per heavy atom. The van der Waals surface area contributed by atoms with E-state index in [0.717, 1.165) is 0 Å². The van der Waals surface area contributed by atoms with Gasteiger partial charge in [-0.1, -0.05) is 35.3 Å². The lowest BCUT2D eigenvalue weighted by Crippen LogP contribution is -2.32. The van der Waals surface area contributed by atoms with Gasteiger partial charge in [0.25, 0.3) is 0 Å². The summed E-state index contributed by atoms with van der Waals surface area (Å²) in [4.78, 5) is 23.8. The number of carbonyl (C=O) groups is 2. The van der Waals surface area contributed by atoms with E-state index in [1.54, 1.807) is 37.3 Å². The van der Waals surface area contributed by atoms with Gasteiger partial charge in [-0.15, -0.1) is 5.10 Å². The lowest BCUT2D eigenvalue weighted by atomic mass is 9.99. The molecule has 186 valence electrons. The third-order valence-corrected chi connectivity index (χ3v) is 5.77. The van der Waals surface area contributed by atoms with E-state index >= 15 is 0 Å². The molecule has 2 atom stereocenters. The maximum absolute atomic E-state index is 12.1. The smallest absolute Gasteiger partial charge is 0.327 e. The highest BCUT2D eigenvalue weighted by Crippen LogP contribution is 2.34. The molecule has 0 amide bonds. The van der Waals surface area contributed by atoms with Crippen LogP contribution in [0.3, 0.4) is 0 Å². The molecule has 3 aromatic rings. The van der Waals surface area contributed by atoms with Gasteiger partial charge in [0, 0.05) is 6.04 Å². The molecule has 0 saturated carbocycles. The molecule has 0 saturated heterocycles. The SMILES string of the molecule is CCOC(=O)Cn1nnnc1C(NC(CC(=O)O)c1ccc(Cl)c(Cl)c1)c1ccc(OC)c(O)c1. The Balaban J connectivity index is 2.07. The number of hydrogen-bond donors (Lipinski definition) is 3. The van der Waals surface area contributed by atoms with Crippen molar-refractivity contribution in [1.29, 1.82) is 0 Å². The molecule has 0 fully saturated rings. The monoisotopic (exact) mass is 523 g/mol. The molecule has 11 nitrogen and oxygen atoms in total. The zero-order valence-electron chi connectivity index (χ0n) is 18.8. The highest BCUT2D eigenvalue weighted by molar-refractivity contribution is 6.42. The Labute approximate surface area is 210 Å². The number of aromatic hydroxyl groups is 1. The molecule has 0 bridgehead atoms. The molecule has 2 aromatic carbocycles. The summed E-state index contributed by atoms with van der Waals surface area (Å²) in [6.45, 7) is 1.59. The minimum Gasteiger partial charge on any atom is -0.504 e. The van der Waals surface area contributed by atoms with Gasteiger partial charge < -0.3 is 19.7 Å². The zero-order valence-corrected chi connectivity index (χ0v) is 20.3. The fourth-order valence-electron chi connectivity index (χ4n) is 3.44. The van der Waals surface area contributed by atoms with Gasteiger partial charge >= 0.3 is 11.9 Å². The van der Waals surface area contributed by atoms with Crippen LogP contribution in [-0.4, -0.2) is 56.1 Å². The summed E-state index contributed by atoms with van der Waals surface area (Å²) >= 11 is 12.2. The van der Waals surface area contributed by atoms with Crippen molar-refractivity contribution in [2.75, 3.05) is 13.7 Å². The minimum atomic E-state index is -1.07. The van der Waals surface area contributed by atoms with Gasteiger partial charge in [0.1, 0.15) is 6.54 Å². The van der Waals surface area contributed by atoms with Crippen LogP contribution in [0.25, 0.3) is 0 Å².